The third-order valence-corrected chi connectivity index (χ3v) is 4.27. The van der Waals surface area contributed by atoms with Crippen LogP contribution in [-0.2, 0) is 11.3 Å². The lowest BCUT2D eigenvalue weighted by atomic mass is 10.1. The van der Waals surface area contributed by atoms with Crippen molar-refractivity contribution < 1.29 is 13.6 Å². The zero-order valence-corrected chi connectivity index (χ0v) is 14.5. The minimum atomic E-state index is -0.745. The van der Waals surface area contributed by atoms with Gasteiger partial charge in [0.05, 0.1) is 16.9 Å². The van der Waals surface area contributed by atoms with Gasteiger partial charge >= 0.3 is 5.69 Å². The van der Waals surface area contributed by atoms with Crippen LogP contribution in [0.2, 0.25) is 0 Å². The van der Waals surface area contributed by atoms with Gasteiger partial charge in [0.2, 0.25) is 5.91 Å². The number of rotatable bonds is 5. The molecular weight excluding hydrogens is 356 g/mol. The molecule has 3 aromatic rings. The highest BCUT2D eigenvalue weighted by atomic mass is 19.1. The van der Waals surface area contributed by atoms with Crippen LogP contribution in [0.5, 0.6) is 0 Å². The maximum Gasteiger partial charge on any atom is 0.328 e. The Morgan fingerprint density at radius 3 is 2.67 bits per heavy atom. The van der Waals surface area contributed by atoms with Crippen LogP contribution in [0.1, 0.15) is 24.9 Å². The van der Waals surface area contributed by atoms with Gasteiger partial charge in [-0.25, -0.2) is 13.6 Å². The Hall–Kier alpha value is -3.29. The van der Waals surface area contributed by atoms with E-state index in [0.29, 0.717) is 10.9 Å². The van der Waals surface area contributed by atoms with E-state index >= 15 is 0 Å². The first-order valence-corrected chi connectivity index (χ1v) is 8.33. The second-order valence-electron chi connectivity index (χ2n) is 6.13. The number of para-hydroxylation sites is 1. The quantitative estimate of drug-likeness (QED) is 0.719. The lowest BCUT2D eigenvalue weighted by Gasteiger charge is -2.16. The molecular formula is C19H17F2N3O3. The van der Waals surface area contributed by atoms with Crippen LogP contribution in [-0.4, -0.2) is 15.5 Å². The topological polar surface area (TPSA) is 84.0 Å². The average molecular weight is 373 g/mol. The summed E-state index contributed by atoms with van der Waals surface area (Å²) in [5, 5.41) is 2.96. The molecule has 0 spiro atoms. The number of H-pyrrole nitrogens is 1. The van der Waals surface area contributed by atoms with Crippen molar-refractivity contribution in [3.63, 3.8) is 0 Å². The molecule has 0 saturated carbocycles. The Balaban J connectivity index is 1.74. The van der Waals surface area contributed by atoms with Crippen molar-refractivity contribution in [2.45, 2.75) is 25.9 Å². The van der Waals surface area contributed by atoms with Crippen molar-refractivity contribution >= 4 is 16.8 Å². The first-order valence-electron chi connectivity index (χ1n) is 8.33. The van der Waals surface area contributed by atoms with Crippen LogP contribution in [0.4, 0.5) is 8.78 Å². The molecule has 1 atom stereocenters. The van der Waals surface area contributed by atoms with Crippen LogP contribution in [0.3, 0.4) is 0 Å². The molecule has 1 amide bonds. The second kappa shape index (κ2) is 7.53. The van der Waals surface area contributed by atoms with Crippen molar-refractivity contribution in [3.8, 4) is 0 Å². The van der Waals surface area contributed by atoms with Crippen molar-refractivity contribution in [1.29, 1.82) is 0 Å². The lowest BCUT2D eigenvalue weighted by molar-refractivity contribution is -0.121. The summed E-state index contributed by atoms with van der Waals surface area (Å²) < 4.78 is 28.1. The molecule has 0 fully saturated rings. The Bertz CT molecular complexity index is 1120. The normalized spacial score (nSPS) is 12.1. The number of fused-ring (bicyclic) bond motifs is 1. The van der Waals surface area contributed by atoms with E-state index in [2.05, 4.69) is 10.3 Å². The minimum absolute atomic E-state index is 0.0422. The third-order valence-electron chi connectivity index (χ3n) is 4.27. The smallest absolute Gasteiger partial charge is 0.328 e. The van der Waals surface area contributed by atoms with Gasteiger partial charge in [-0.1, -0.05) is 18.2 Å². The summed E-state index contributed by atoms with van der Waals surface area (Å²) in [4.78, 5) is 38.3. The Kier molecular flexibility index (Phi) is 5.16. The summed E-state index contributed by atoms with van der Waals surface area (Å²) in [5.41, 5.74) is -0.506. The molecule has 0 bridgehead atoms. The predicted molar refractivity (Wildman–Crippen MR) is 96.4 cm³/mol. The van der Waals surface area contributed by atoms with E-state index < -0.39 is 34.8 Å². The van der Waals surface area contributed by atoms with Gasteiger partial charge in [-0.3, -0.25) is 19.1 Å². The van der Waals surface area contributed by atoms with Crippen molar-refractivity contribution in [2.24, 2.45) is 0 Å². The molecule has 0 saturated heterocycles. The van der Waals surface area contributed by atoms with Crippen LogP contribution < -0.4 is 16.6 Å². The number of carbonyl (C=O) groups excluding carboxylic acids is 1. The van der Waals surface area contributed by atoms with Crippen LogP contribution in [0, 0.1) is 11.6 Å². The van der Waals surface area contributed by atoms with Crippen LogP contribution in [0.15, 0.2) is 52.1 Å². The van der Waals surface area contributed by atoms with Gasteiger partial charge in [0.25, 0.3) is 5.56 Å². The van der Waals surface area contributed by atoms with E-state index in [4.69, 9.17) is 0 Å². The number of hydrogen-bond donors (Lipinski definition) is 2. The molecule has 0 aliphatic heterocycles. The maximum absolute atomic E-state index is 13.8. The van der Waals surface area contributed by atoms with Gasteiger partial charge < -0.3 is 5.32 Å². The van der Waals surface area contributed by atoms with E-state index in [9.17, 15) is 23.2 Å². The molecule has 1 aromatic heterocycles. The molecule has 1 heterocycles. The molecule has 6 nitrogen and oxygen atoms in total. The van der Waals surface area contributed by atoms with Crippen molar-refractivity contribution in [3.05, 3.63) is 80.5 Å². The summed E-state index contributed by atoms with van der Waals surface area (Å²) >= 11 is 0. The predicted octanol–water partition coefficient (Wildman–Crippen LogP) is 2.24. The number of halogens is 2. The third kappa shape index (κ3) is 3.94. The fourth-order valence-electron chi connectivity index (χ4n) is 2.92. The maximum atomic E-state index is 13.8. The molecule has 0 radical (unpaired) electrons. The Morgan fingerprint density at radius 2 is 1.93 bits per heavy atom. The molecule has 2 aromatic carbocycles. The lowest BCUT2D eigenvalue weighted by Crippen LogP contribution is -2.33. The zero-order valence-electron chi connectivity index (χ0n) is 14.5. The summed E-state index contributed by atoms with van der Waals surface area (Å²) in [7, 11) is 0. The molecule has 27 heavy (non-hydrogen) atoms. The highest BCUT2D eigenvalue weighted by Crippen LogP contribution is 2.17. The Labute approximate surface area is 152 Å². The number of aromatic amines is 1. The molecule has 2 N–H and O–H groups in total. The van der Waals surface area contributed by atoms with Crippen LogP contribution >= 0.6 is 0 Å². The molecule has 0 aliphatic carbocycles. The minimum Gasteiger partial charge on any atom is -0.349 e. The van der Waals surface area contributed by atoms with Gasteiger partial charge in [-0.05, 0) is 25.1 Å². The number of nitrogens with one attached hydrogen (secondary N) is 2. The van der Waals surface area contributed by atoms with Gasteiger partial charge in [0, 0.05) is 24.6 Å². The van der Waals surface area contributed by atoms with E-state index in [1.165, 1.54) is 10.6 Å². The van der Waals surface area contributed by atoms with E-state index in [0.717, 1.165) is 12.1 Å². The fourth-order valence-corrected chi connectivity index (χ4v) is 2.92. The summed E-state index contributed by atoms with van der Waals surface area (Å²) in [6, 6.07) is 9.06. The molecule has 8 heteroatoms. The van der Waals surface area contributed by atoms with E-state index in [1.807, 2.05) is 0 Å². The van der Waals surface area contributed by atoms with Crippen molar-refractivity contribution in [2.75, 3.05) is 0 Å². The largest absolute Gasteiger partial charge is 0.349 e. The first kappa shape index (κ1) is 18.5. The number of nitrogens with zero attached hydrogens (tertiary/aromatic N) is 1. The standard InChI is InChI=1S/C19H17F2N3O3/c1-11(13-7-6-12(20)10-15(13)21)22-17(25)8-9-24-16-5-3-2-4-14(16)18(26)23-19(24)27/h2-7,10-11H,8-9H2,1H3,(H,22,25)(H,23,26,27)/t11-/m0/s1. The second-order valence-corrected chi connectivity index (χ2v) is 6.13. The highest BCUT2D eigenvalue weighted by molar-refractivity contribution is 5.79. The zero-order chi connectivity index (χ0) is 19.6. The SMILES string of the molecule is C[C@H](NC(=O)CCn1c(=O)[nH]c(=O)c2ccccc21)c1ccc(F)cc1F. The summed E-state index contributed by atoms with van der Waals surface area (Å²) in [6.45, 7) is 1.62. The van der Waals surface area contributed by atoms with E-state index in [1.54, 1.807) is 31.2 Å². The fraction of sp³-hybridized carbons (Fsp3) is 0.211. The number of carbonyl (C=O) groups is 1. The number of aryl methyl sites for hydroxylation is 1. The highest BCUT2D eigenvalue weighted by Gasteiger charge is 2.15. The Morgan fingerprint density at radius 1 is 1.19 bits per heavy atom. The van der Waals surface area contributed by atoms with E-state index in [-0.39, 0.29) is 18.5 Å². The first-order chi connectivity index (χ1) is 12.9. The number of aromatic nitrogens is 2. The van der Waals surface area contributed by atoms with Gasteiger partial charge in [0.1, 0.15) is 11.6 Å². The molecule has 0 aliphatic rings. The summed E-state index contributed by atoms with van der Waals surface area (Å²) in [6.07, 6.45) is -0.0525. The molecule has 0 unspecified atom stereocenters. The molecule has 140 valence electrons. The summed E-state index contributed by atoms with van der Waals surface area (Å²) in [5.74, 6) is -1.85. The van der Waals surface area contributed by atoms with Gasteiger partial charge in [-0.15, -0.1) is 0 Å². The number of amides is 1. The number of hydrogen-bond acceptors (Lipinski definition) is 3. The van der Waals surface area contributed by atoms with Gasteiger partial charge in [-0.2, -0.15) is 0 Å². The average Bonchev–Trinajstić information content (AvgIpc) is 2.61. The van der Waals surface area contributed by atoms with Crippen LogP contribution in [0.25, 0.3) is 10.9 Å². The monoisotopic (exact) mass is 373 g/mol. The number of benzene rings is 2. The van der Waals surface area contributed by atoms with Crippen molar-refractivity contribution in [1.82, 2.24) is 14.9 Å². The van der Waals surface area contributed by atoms with Gasteiger partial charge in [0.15, 0.2) is 0 Å². The molecule has 3 rings (SSSR count).